The zero-order valence-corrected chi connectivity index (χ0v) is 18.9. The van der Waals surface area contributed by atoms with Gasteiger partial charge in [0.2, 0.25) is 5.72 Å². The van der Waals surface area contributed by atoms with Crippen molar-refractivity contribution in [1.82, 2.24) is 0 Å². The van der Waals surface area contributed by atoms with Crippen LogP contribution < -0.4 is 10.5 Å². The van der Waals surface area contributed by atoms with E-state index in [2.05, 4.69) is 11.8 Å². The van der Waals surface area contributed by atoms with E-state index in [1.165, 1.54) is 12.1 Å². The molecule has 0 aliphatic heterocycles. The van der Waals surface area contributed by atoms with E-state index < -0.39 is 26.8 Å². The third-order valence-corrected chi connectivity index (χ3v) is 7.12. The van der Waals surface area contributed by atoms with Gasteiger partial charge in [-0.25, -0.2) is 13.2 Å². The molecule has 8 heteroatoms. The fourth-order valence-corrected chi connectivity index (χ4v) is 4.81. The van der Waals surface area contributed by atoms with Gasteiger partial charge in [-0.15, -0.1) is 0 Å². The van der Waals surface area contributed by atoms with Crippen LogP contribution in [0.25, 0.3) is 11.1 Å². The molecule has 33 heavy (non-hydrogen) atoms. The molecule has 3 aromatic carbocycles. The Kier molecular flexibility index (Phi) is 7.19. The number of rotatable bonds is 7. The highest BCUT2D eigenvalue weighted by molar-refractivity contribution is 7.92. The summed E-state index contributed by atoms with van der Waals surface area (Å²) in [7, 11) is -1.71. The second kappa shape index (κ2) is 9.88. The molecule has 2 atom stereocenters. The first-order valence-electron chi connectivity index (χ1n) is 9.85. The average Bonchev–Trinajstić information content (AvgIpc) is 2.84. The third kappa shape index (κ3) is 5.07. The van der Waals surface area contributed by atoms with Crippen LogP contribution in [-0.2, 0) is 19.4 Å². The molecule has 0 aromatic heterocycles. The second-order valence-corrected chi connectivity index (χ2v) is 9.15. The van der Waals surface area contributed by atoms with E-state index in [0.29, 0.717) is 11.3 Å². The van der Waals surface area contributed by atoms with Crippen LogP contribution in [0.15, 0.2) is 83.8 Å². The Morgan fingerprint density at radius 1 is 0.939 bits per heavy atom. The quantitative estimate of drug-likeness (QED) is 0.407. The molecule has 7 nitrogen and oxygen atoms in total. The fourth-order valence-electron chi connectivity index (χ4n) is 3.15. The predicted molar refractivity (Wildman–Crippen MR) is 124 cm³/mol. The van der Waals surface area contributed by atoms with Crippen LogP contribution >= 0.6 is 0 Å². The molecule has 3 aromatic rings. The molecule has 0 saturated heterocycles. The number of aliphatic carboxylic acids is 1. The number of methoxy groups -OCH3 is 2. The van der Waals surface area contributed by atoms with Crippen LogP contribution in [0, 0.1) is 11.8 Å². The molecule has 3 N–H and O–H groups in total. The number of ether oxygens (including phenoxy) is 2. The van der Waals surface area contributed by atoms with Crippen molar-refractivity contribution in [2.24, 2.45) is 5.73 Å². The minimum absolute atomic E-state index is 0.125. The lowest BCUT2D eigenvalue weighted by molar-refractivity contribution is -0.160. The molecule has 0 heterocycles. The van der Waals surface area contributed by atoms with Crippen molar-refractivity contribution < 1.29 is 27.8 Å². The first-order chi connectivity index (χ1) is 15.7. The fraction of sp³-hybridized carbons (Fsp3) is 0.160. The minimum Gasteiger partial charge on any atom is -0.497 e. The highest BCUT2D eigenvalue weighted by atomic mass is 32.2. The molecule has 170 valence electrons. The van der Waals surface area contributed by atoms with Crippen LogP contribution in [0.5, 0.6) is 5.75 Å². The lowest BCUT2D eigenvalue weighted by Gasteiger charge is -2.28. The van der Waals surface area contributed by atoms with Gasteiger partial charge in [0.05, 0.1) is 12.0 Å². The predicted octanol–water partition coefficient (Wildman–Crippen LogP) is 2.94. The smallest absolute Gasteiger partial charge is 0.353 e. The lowest BCUT2D eigenvalue weighted by Crippen LogP contribution is -2.60. The summed E-state index contributed by atoms with van der Waals surface area (Å²) in [5, 5.41) is 7.79. The van der Waals surface area contributed by atoms with E-state index in [-0.39, 0.29) is 4.90 Å². The topological polar surface area (TPSA) is 116 Å². The largest absolute Gasteiger partial charge is 0.497 e. The van der Waals surface area contributed by atoms with Gasteiger partial charge in [0.15, 0.2) is 15.1 Å². The molecule has 0 saturated carbocycles. The van der Waals surface area contributed by atoms with Crippen molar-refractivity contribution in [3.8, 4) is 28.7 Å². The van der Waals surface area contributed by atoms with Crippen LogP contribution in [-0.4, -0.2) is 44.7 Å². The molecule has 0 amide bonds. The van der Waals surface area contributed by atoms with E-state index in [9.17, 15) is 18.3 Å². The van der Waals surface area contributed by atoms with E-state index in [0.717, 1.165) is 18.2 Å². The summed E-state index contributed by atoms with van der Waals surface area (Å²) >= 11 is 0. The molecule has 0 bridgehead atoms. The van der Waals surface area contributed by atoms with Crippen molar-refractivity contribution in [2.45, 2.75) is 15.9 Å². The molecular weight excluding hydrogens is 442 g/mol. The highest BCUT2D eigenvalue weighted by Gasteiger charge is 2.50. The maximum atomic E-state index is 13.5. The zero-order valence-electron chi connectivity index (χ0n) is 18.1. The number of carbonyl (C=O) groups is 1. The highest BCUT2D eigenvalue weighted by Crippen LogP contribution is 2.28. The van der Waals surface area contributed by atoms with E-state index in [4.69, 9.17) is 15.2 Å². The van der Waals surface area contributed by atoms with Crippen molar-refractivity contribution in [3.63, 3.8) is 0 Å². The Hall–Kier alpha value is -3.64. The molecule has 0 aliphatic carbocycles. The van der Waals surface area contributed by atoms with Crippen molar-refractivity contribution >= 4 is 15.8 Å². The van der Waals surface area contributed by atoms with Crippen LogP contribution in [0.4, 0.5) is 0 Å². The molecule has 0 aliphatic rings. The van der Waals surface area contributed by atoms with Crippen molar-refractivity contribution in [1.29, 1.82) is 0 Å². The number of sulfone groups is 1. The van der Waals surface area contributed by atoms with Crippen LogP contribution in [0.1, 0.15) is 5.56 Å². The van der Waals surface area contributed by atoms with Gasteiger partial charge in [0, 0.05) is 12.7 Å². The molecule has 0 fully saturated rings. The summed E-state index contributed by atoms with van der Waals surface area (Å²) in [4.78, 5) is 11.8. The summed E-state index contributed by atoms with van der Waals surface area (Å²) in [6.07, 6.45) is 0. The van der Waals surface area contributed by atoms with Crippen LogP contribution in [0.2, 0.25) is 0 Å². The SMILES string of the molecule is COc1ccc(-c2ccc(S(=O)(=O)[C@@H](C#Cc3ccccc3)[C@](N)(OC)C(=O)O)cc2)cc1. The Morgan fingerprint density at radius 3 is 1.97 bits per heavy atom. The Balaban J connectivity index is 2.03. The van der Waals surface area contributed by atoms with Crippen molar-refractivity contribution in [3.05, 3.63) is 84.4 Å². The second-order valence-electron chi connectivity index (χ2n) is 7.12. The molecule has 0 unspecified atom stereocenters. The van der Waals surface area contributed by atoms with Gasteiger partial charge in [-0.3, -0.25) is 5.73 Å². The van der Waals surface area contributed by atoms with Gasteiger partial charge in [-0.2, -0.15) is 0 Å². The van der Waals surface area contributed by atoms with Gasteiger partial charge in [-0.05, 0) is 47.5 Å². The first kappa shape index (κ1) is 24.0. The van der Waals surface area contributed by atoms with Gasteiger partial charge in [0.1, 0.15) is 5.75 Å². The average molecular weight is 466 g/mol. The third-order valence-electron chi connectivity index (χ3n) is 5.10. The van der Waals surface area contributed by atoms with E-state index in [1.54, 1.807) is 61.7 Å². The maximum Gasteiger partial charge on any atom is 0.353 e. The summed E-state index contributed by atoms with van der Waals surface area (Å²) in [5.41, 5.74) is 5.47. The standard InChI is InChI=1S/C25H23NO6S/c1-31-21-13-9-19(10-14-21)20-11-15-22(16-12-20)33(29,30)23(25(26,32-2)24(27)28)17-8-18-6-4-3-5-7-18/h3-7,9-16,23H,26H2,1-2H3,(H,27,28)/t23-,25-/m0/s1. The monoisotopic (exact) mass is 465 g/mol. The number of nitrogens with two attached hydrogens (primary N) is 1. The number of hydrogen-bond donors (Lipinski definition) is 2. The van der Waals surface area contributed by atoms with Crippen LogP contribution in [0.3, 0.4) is 0 Å². The summed E-state index contributed by atoms with van der Waals surface area (Å²) in [6, 6.07) is 21.9. The summed E-state index contributed by atoms with van der Waals surface area (Å²) in [5.74, 6) is 4.28. The van der Waals surface area contributed by atoms with Gasteiger partial charge >= 0.3 is 5.97 Å². The van der Waals surface area contributed by atoms with E-state index >= 15 is 0 Å². The number of carboxylic acid groups (broad SMARTS) is 1. The van der Waals surface area contributed by atoms with Crippen molar-refractivity contribution in [2.75, 3.05) is 14.2 Å². The van der Waals surface area contributed by atoms with Gasteiger partial charge < -0.3 is 14.6 Å². The Bertz CT molecular complexity index is 1280. The Labute approximate surface area is 192 Å². The minimum atomic E-state index is -4.32. The molecule has 3 rings (SSSR count). The molecule has 0 radical (unpaired) electrons. The molecule has 0 spiro atoms. The number of carboxylic acids is 1. The number of hydrogen-bond acceptors (Lipinski definition) is 6. The molecular formula is C25H23NO6S. The van der Waals surface area contributed by atoms with Gasteiger partial charge in [-0.1, -0.05) is 54.3 Å². The van der Waals surface area contributed by atoms with E-state index in [1.807, 2.05) is 12.1 Å². The zero-order chi connectivity index (χ0) is 24.1. The maximum absolute atomic E-state index is 13.5. The summed E-state index contributed by atoms with van der Waals surface area (Å²) < 4.78 is 37.0. The van der Waals surface area contributed by atoms with Gasteiger partial charge in [0.25, 0.3) is 0 Å². The summed E-state index contributed by atoms with van der Waals surface area (Å²) in [6.45, 7) is 0. The first-order valence-corrected chi connectivity index (χ1v) is 11.4. The normalized spacial score (nSPS) is 13.8. The Morgan fingerprint density at radius 2 is 1.48 bits per heavy atom. The number of benzene rings is 3. The lowest BCUT2D eigenvalue weighted by atomic mass is 10.1.